The molecule has 136 valence electrons. The second-order valence-electron chi connectivity index (χ2n) is 5.76. The lowest BCUT2D eigenvalue weighted by molar-refractivity contribution is -0.385. The topological polar surface area (TPSA) is 98.5 Å². The van der Waals surface area contributed by atoms with Gasteiger partial charge in [0, 0.05) is 24.5 Å². The van der Waals surface area contributed by atoms with E-state index in [1.165, 1.54) is 12.1 Å². The number of ketones is 1. The number of nitrogens with zero attached hydrogens (tertiary/aromatic N) is 1. The quantitative estimate of drug-likeness (QED) is 0.439. The van der Waals surface area contributed by atoms with Crippen LogP contribution < -0.4 is 10.1 Å². The minimum absolute atomic E-state index is 0.0440. The van der Waals surface area contributed by atoms with Crippen molar-refractivity contribution in [2.24, 2.45) is 0 Å². The molecule has 0 aliphatic carbocycles. The van der Waals surface area contributed by atoms with Crippen LogP contribution >= 0.6 is 0 Å². The fourth-order valence-electron chi connectivity index (χ4n) is 2.50. The van der Waals surface area contributed by atoms with Gasteiger partial charge in [-0.2, -0.15) is 0 Å². The van der Waals surface area contributed by atoms with E-state index in [1.807, 2.05) is 0 Å². The number of methoxy groups -OCH3 is 1. The lowest BCUT2D eigenvalue weighted by Gasteiger charge is -2.08. The molecule has 1 amide bonds. The van der Waals surface area contributed by atoms with Gasteiger partial charge in [0.1, 0.15) is 5.75 Å². The van der Waals surface area contributed by atoms with E-state index < -0.39 is 4.92 Å². The standard InChI is InChI=1S/C19H20N2O5/c1-13-16(5-3-6-17(13)21(24)25)20-19(23)8-4-7-18(22)14-9-11-15(26-2)12-10-14/h3,5-6,9-12H,4,7-8H2,1-2H3,(H,20,23). The normalized spacial score (nSPS) is 10.2. The molecule has 0 bridgehead atoms. The van der Waals surface area contributed by atoms with Gasteiger partial charge in [-0.25, -0.2) is 0 Å². The summed E-state index contributed by atoms with van der Waals surface area (Å²) in [6.45, 7) is 1.58. The van der Waals surface area contributed by atoms with Crippen LogP contribution in [0.1, 0.15) is 35.2 Å². The van der Waals surface area contributed by atoms with Crippen LogP contribution in [0.4, 0.5) is 11.4 Å². The number of rotatable bonds is 8. The Labute approximate surface area is 151 Å². The van der Waals surface area contributed by atoms with Gasteiger partial charge in [0.25, 0.3) is 5.69 Å². The first-order valence-corrected chi connectivity index (χ1v) is 8.13. The molecule has 0 fully saturated rings. The van der Waals surface area contributed by atoms with Crippen molar-refractivity contribution in [2.45, 2.75) is 26.2 Å². The van der Waals surface area contributed by atoms with Crippen molar-refractivity contribution in [1.29, 1.82) is 0 Å². The first-order valence-electron chi connectivity index (χ1n) is 8.13. The zero-order chi connectivity index (χ0) is 19.1. The lowest BCUT2D eigenvalue weighted by Crippen LogP contribution is -2.13. The predicted octanol–water partition coefficient (Wildman–Crippen LogP) is 3.90. The van der Waals surface area contributed by atoms with E-state index in [9.17, 15) is 19.7 Å². The molecule has 1 N–H and O–H groups in total. The minimum Gasteiger partial charge on any atom is -0.497 e. The van der Waals surface area contributed by atoms with Gasteiger partial charge in [-0.3, -0.25) is 19.7 Å². The molecule has 0 aromatic heterocycles. The molecule has 0 unspecified atom stereocenters. The van der Waals surface area contributed by atoms with E-state index in [2.05, 4.69) is 5.32 Å². The molecule has 0 atom stereocenters. The predicted molar refractivity (Wildman–Crippen MR) is 97.6 cm³/mol. The van der Waals surface area contributed by atoms with Gasteiger partial charge in [-0.05, 0) is 43.7 Å². The summed E-state index contributed by atoms with van der Waals surface area (Å²) >= 11 is 0. The average Bonchev–Trinajstić information content (AvgIpc) is 2.63. The summed E-state index contributed by atoms with van der Waals surface area (Å²) < 4.78 is 5.04. The molecule has 0 saturated carbocycles. The van der Waals surface area contributed by atoms with Crippen molar-refractivity contribution in [1.82, 2.24) is 0 Å². The van der Waals surface area contributed by atoms with Crippen molar-refractivity contribution in [2.75, 3.05) is 12.4 Å². The second kappa shape index (κ2) is 8.75. The molecule has 2 rings (SSSR count). The Balaban J connectivity index is 1.86. The number of carbonyl (C=O) groups is 2. The first-order chi connectivity index (χ1) is 12.4. The SMILES string of the molecule is COc1ccc(C(=O)CCCC(=O)Nc2cccc([N+](=O)[O-])c2C)cc1. The average molecular weight is 356 g/mol. The van der Waals surface area contributed by atoms with Gasteiger partial charge in [0.2, 0.25) is 5.91 Å². The molecule has 7 nitrogen and oxygen atoms in total. The highest BCUT2D eigenvalue weighted by Crippen LogP contribution is 2.25. The number of nitrogens with one attached hydrogen (secondary N) is 1. The third-order valence-electron chi connectivity index (χ3n) is 4.00. The molecule has 0 aliphatic heterocycles. The maximum atomic E-state index is 12.1. The van der Waals surface area contributed by atoms with Crippen LogP contribution in [-0.4, -0.2) is 23.7 Å². The molecule has 0 aliphatic rings. The van der Waals surface area contributed by atoms with Crippen molar-refractivity contribution in [3.63, 3.8) is 0 Å². The number of hydrogen-bond acceptors (Lipinski definition) is 5. The summed E-state index contributed by atoms with van der Waals surface area (Å²) in [6.07, 6.45) is 0.794. The highest BCUT2D eigenvalue weighted by atomic mass is 16.6. The summed E-state index contributed by atoms with van der Waals surface area (Å²) in [7, 11) is 1.55. The van der Waals surface area contributed by atoms with E-state index in [-0.39, 0.29) is 30.2 Å². The first kappa shape index (κ1) is 19.1. The van der Waals surface area contributed by atoms with Crippen molar-refractivity contribution < 1.29 is 19.2 Å². The van der Waals surface area contributed by atoms with Gasteiger partial charge in [-0.15, -0.1) is 0 Å². The minimum atomic E-state index is -0.488. The fraction of sp³-hybridized carbons (Fsp3) is 0.263. The van der Waals surface area contributed by atoms with E-state index in [1.54, 1.807) is 44.4 Å². The number of ether oxygens (including phenoxy) is 1. The highest BCUT2D eigenvalue weighted by Gasteiger charge is 2.15. The Morgan fingerprint density at radius 1 is 1.12 bits per heavy atom. The Hall–Kier alpha value is -3.22. The van der Waals surface area contributed by atoms with Gasteiger partial charge < -0.3 is 10.1 Å². The van der Waals surface area contributed by atoms with Crippen LogP contribution in [0.2, 0.25) is 0 Å². The molecule has 26 heavy (non-hydrogen) atoms. The number of carbonyl (C=O) groups excluding carboxylic acids is 2. The van der Waals surface area contributed by atoms with Gasteiger partial charge in [0.05, 0.1) is 23.3 Å². The summed E-state index contributed by atoms with van der Waals surface area (Å²) in [6, 6.07) is 11.3. The van der Waals surface area contributed by atoms with Crippen molar-refractivity contribution >= 4 is 23.1 Å². The van der Waals surface area contributed by atoms with Crippen LogP contribution in [0.25, 0.3) is 0 Å². The summed E-state index contributed by atoms with van der Waals surface area (Å²) in [5.41, 5.74) is 1.34. The molecule has 0 saturated heterocycles. The van der Waals surface area contributed by atoms with Crippen LogP contribution in [0.15, 0.2) is 42.5 Å². The number of nitro groups is 1. The van der Waals surface area contributed by atoms with E-state index in [0.29, 0.717) is 29.0 Å². The zero-order valence-corrected chi connectivity index (χ0v) is 14.7. The number of nitro benzene ring substituents is 1. The Bertz CT molecular complexity index is 815. The molecule has 0 radical (unpaired) electrons. The maximum Gasteiger partial charge on any atom is 0.274 e. The number of amides is 1. The number of benzene rings is 2. The van der Waals surface area contributed by atoms with Gasteiger partial charge >= 0.3 is 0 Å². The number of Topliss-reactive ketones (excluding diaryl/α,β-unsaturated/α-hetero) is 1. The van der Waals surface area contributed by atoms with Gasteiger partial charge in [-0.1, -0.05) is 6.07 Å². The van der Waals surface area contributed by atoms with Crippen LogP contribution in [0.3, 0.4) is 0 Å². The molecule has 7 heteroatoms. The fourth-order valence-corrected chi connectivity index (χ4v) is 2.50. The van der Waals surface area contributed by atoms with Crippen LogP contribution in [0.5, 0.6) is 5.75 Å². The van der Waals surface area contributed by atoms with Crippen molar-refractivity contribution in [3.8, 4) is 5.75 Å². The molecular formula is C19H20N2O5. The van der Waals surface area contributed by atoms with Crippen LogP contribution in [0, 0.1) is 17.0 Å². The monoisotopic (exact) mass is 356 g/mol. The second-order valence-corrected chi connectivity index (χ2v) is 5.76. The van der Waals surface area contributed by atoms with E-state index in [4.69, 9.17) is 4.74 Å². The van der Waals surface area contributed by atoms with E-state index >= 15 is 0 Å². The van der Waals surface area contributed by atoms with E-state index in [0.717, 1.165) is 0 Å². The molecule has 2 aromatic carbocycles. The zero-order valence-electron chi connectivity index (χ0n) is 14.7. The molecule has 0 spiro atoms. The summed E-state index contributed by atoms with van der Waals surface area (Å²) in [4.78, 5) is 34.6. The third kappa shape index (κ3) is 4.89. The largest absolute Gasteiger partial charge is 0.497 e. The molecule has 0 heterocycles. The number of anilines is 1. The lowest BCUT2D eigenvalue weighted by atomic mass is 10.1. The van der Waals surface area contributed by atoms with Gasteiger partial charge in [0.15, 0.2) is 5.78 Å². The smallest absolute Gasteiger partial charge is 0.274 e. The Morgan fingerprint density at radius 3 is 2.42 bits per heavy atom. The maximum absolute atomic E-state index is 12.1. The Morgan fingerprint density at radius 2 is 1.81 bits per heavy atom. The molecule has 2 aromatic rings. The summed E-state index contributed by atoms with van der Waals surface area (Å²) in [5.74, 6) is 0.344. The summed E-state index contributed by atoms with van der Waals surface area (Å²) in [5, 5.41) is 13.6. The third-order valence-corrected chi connectivity index (χ3v) is 4.00. The van der Waals surface area contributed by atoms with Crippen molar-refractivity contribution in [3.05, 3.63) is 63.7 Å². The Kier molecular flexibility index (Phi) is 6.43. The van der Waals surface area contributed by atoms with Crippen LogP contribution in [-0.2, 0) is 4.79 Å². The molecular weight excluding hydrogens is 336 g/mol. The number of hydrogen-bond donors (Lipinski definition) is 1. The highest BCUT2D eigenvalue weighted by molar-refractivity contribution is 5.97.